The molecule has 2 heterocycles. The van der Waals surface area contributed by atoms with Gasteiger partial charge in [0.15, 0.2) is 0 Å². The molecule has 0 aliphatic carbocycles. The van der Waals surface area contributed by atoms with Crippen LogP contribution in [0.3, 0.4) is 0 Å². The zero-order chi connectivity index (χ0) is 14.3. The Labute approximate surface area is 108 Å². The van der Waals surface area contributed by atoms with Gasteiger partial charge in [-0.3, -0.25) is 4.98 Å². The predicted molar refractivity (Wildman–Crippen MR) is 65.6 cm³/mol. The van der Waals surface area contributed by atoms with E-state index < -0.39 is 11.6 Å². The van der Waals surface area contributed by atoms with Crippen molar-refractivity contribution in [2.24, 2.45) is 0 Å². The Morgan fingerprint density at radius 2 is 1.74 bits per heavy atom. The summed E-state index contributed by atoms with van der Waals surface area (Å²) < 4.78 is 38.8. The minimum absolute atomic E-state index is 0.0376. The molecular formula is C13H14F3N3. The first-order valence-corrected chi connectivity index (χ1v) is 5.77. The molecule has 0 spiro atoms. The maximum Gasteiger partial charge on any atom is 0.399 e. The van der Waals surface area contributed by atoms with Gasteiger partial charge in [0.2, 0.25) is 0 Å². The third kappa shape index (κ3) is 2.47. The first-order valence-electron chi connectivity index (χ1n) is 5.77. The molecule has 0 fully saturated rings. The van der Waals surface area contributed by atoms with E-state index in [0.29, 0.717) is 11.4 Å². The van der Waals surface area contributed by atoms with Crippen molar-refractivity contribution in [1.29, 1.82) is 0 Å². The molecule has 0 aliphatic heterocycles. The molecule has 0 unspecified atom stereocenters. The number of imidazole rings is 1. The van der Waals surface area contributed by atoms with Gasteiger partial charge >= 0.3 is 6.18 Å². The quantitative estimate of drug-likeness (QED) is 0.904. The van der Waals surface area contributed by atoms with Gasteiger partial charge in [0.25, 0.3) is 0 Å². The summed E-state index contributed by atoms with van der Waals surface area (Å²) in [5.74, 6) is 0.389. The average molecular weight is 269 g/mol. The number of halogens is 3. The summed E-state index contributed by atoms with van der Waals surface area (Å²) in [5.41, 5.74) is -0.423. The van der Waals surface area contributed by atoms with Gasteiger partial charge in [-0.25, -0.2) is 4.98 Å². The zero-order valence-electron chi connectivity index (χ0n) is 10.8. The van der Waals surface area contributed by atoms with Crippen LogP contribution < -0.4 is 0 Å². The number of aromatic amines is 1. The summed E-state index contributed by atoms with van der Waals surface area (Å²) in [5, 5.41) is 0. The Bertz CT molecular complexity index is 568. The molecule has 0 aromatic carbocycles. The van der Waals surface area contributed by atoms with Crippen LogP contribution in [0.4, 0.5) is 13.2 Å². The maximum absolute atomic E-state index is 12.9. The molecule has 0 radical (unpaired) electrons. The number of aromatic nitrogens is 3. The van der Waals surface area contributed by atoms with Crippen LogP contribution in [0.1, 0.15) is 25.2 Å². The molecule has 0 bridgehead atoms. The monoisotopic (exact) mass is 269 g/mol. The second kappa shape index (κ2) is 4.36. The fourth-order valence-electron chi connectivity index (χ4n) is 1.55. The third-order valence-electron chi connectivity index (χ3n) is 3.14. The fraction of sp³-hybridized carbons (Fsp3) is 0.385. The Hall–Kier alpha value is -1.85. The molecule has 3 nitrogen and oxygen atoms in total. The van der Waals surface area contributed by atoms with E-state index in [0.717, 1.165) is 19.5 Å². The second-order valence-corrected chi connectivity index (χ2v) is 4.96. The van der Waals surface area contributed by atoms with Crippen LogP contribution in [-0.4, -0.2) is 21.1 Å². The van der Waals surface area contributed by atoms with Gasteiger partial charge in [-0.15, -0.1) is 0 Å². The normalized spacial score (nSPS) is 12.7. The molecule has 2 aromatic rings. The molecule has 0 aliphatic rings. The smallest absolute Gasteiger partial charge is 0.341 e. The van der Waals surface area contributed by atoms with Crippen molar-refractivity contribution in [3.05, 3.63) is 35.9 Å². The number of aryl methyl sites for hydroxylation is 1. The van der Waals surface area contributed by atoms with E-state index in [1.165, 1.54) is 6.20 Å². The van der Waals surface area contributed by atoms with Gasteiger partial charge in [-0.1, -0.05) is 0 Å². The Morgan fingerprint density at radius 3 is 2.26 bits per heavy atom. The molecule has 0 atom stereocenters. The summed E-state index contributed by atoms with van der Waals surface area (Å²) >= 11 is 0. The van der Waals surface area contributed by atoms with Crippen LogP contribution in [0.25, 0.3) is 11.4 Å². The summed E-state index contributed by atoms with van der Waals surface area (Å²) in [6.45, 7) is 4.08. The minimum Gasteiger partial charge on any atom is -0.341 e. The lowest BCUT2D eigenvalue weighted by Gasteiger charge is -2.26. The number of H-pyrrole nitrogens is 1. The Balaban J connectivity index is 2.37. The van der Waals surface area contributed by atoms with E-state index >= 15 is 0 Å². The molecule has 6 heteroatoms. The van der Waals surface area contributed by atoms with Crippen LogP contribution >= 0.6 is 0 Å². The van der Waals surface area contributed by atoms with Crippen LogP contribution in [0.2, 0.25) is 0 Å². The average Bonchev–Trinajstić information content (AvgIpc) is 2.78. The first kappa shape index (κ1) is 13.6. The van der Waals surface area contributed by atoms with E-state index in [-0.39, 0.29) is 5.69 Å². The number of nitrogens with one attached hydrogen (secondary N) is 1. The summed E-state index contributed by atoms with van der Waals surface area (Å²) in [6, 6.07) is 3.55. The van der Waals surface area contributed by atoms with Gasteiger partial charge in [0, 0.05) is 29.3 Å². The number of nitrogens with zero attached hydrogens (tertiary/aromatic N) is 2. The van der Waals surface area contributed by atoms with E-state index in [4.69, 9.17) is 0 Å². The number of hydrogen-bond acceptors (Lipinski definition) is 2. The van der Waals surface area contributed by atoms with Crippen molar-refractivity contribution in [3.63, 3.8) is 0 Å². The number of alkyl halides is 3. The molecule has 1 N–H and O–H groups in total. The van der Waals surface area contributed by atoms with Crippen LogP contribution in [0, 0.1) is 6.92 Å². The summed E-state index contributed by atoms with van der Waals surface area (Å²) in [7, 11) is 0. The standard InChI is InChI=1S/C13H14F3N3/c1-8-4-5-9(6-17-8)11-18-7-10(19-11)12(2,3)13(14,15)16/h4-7H,1-3H3,(H,18,19). The molecule has 2 rings (SSSR count). The molecule has 19 heavy (non-hydrogen) atoms. The van der Waals surface area contributed by atoms with Crippen LogP contribution in [0.15, 0.2) is 24.5 Å². The predicted octanol–water partition coefficient (Wildman–Crippen LogP) is 3.62. The van der Waals surface area contributed by atoms with Crippen molar-refractivity contribution in [2.45, 2.75) is 32.4 Å². The topological polar surface area (TPSA) is 41.6 Å². The molecule has 102 valence electrons. The fourth-order valence-corrected chi connectivity index (χ4v) is 1.55. The van der Waals surface area contributed by atoms with E-state index in [1.807, 2.05) is 6.92 Å². The van der Waals surface area contributed by atoms with Crippen LogP contribution in [0.5, 0.6) is 0 Å². The van der Waals surface area contributed by atoms with Crippen molar-refractivity contribution in [3.8, 4) is 11.4 Å². The highest BCUT2D eigenvalue weighted by Gasteiger charge is 2.49. The molecule has 0 saturated heterocycles. The Morgan fingerprint density at radius 1 is 1.05 bits per heavy atom. The van der Waals surface area contributed by atoms with Crippen LogP contribution in [-0.2, 0) is 5.41 Å². The highest BCUT2D eigenvalue weighted by Crippen LogP contribution is 2.39. The van der Waals surface area contributed by atoms with E-state index in [2.05, 4.69) is 15.0 Å². The SMILES string of the molecule is Cc1ccc(-c2ncc(C(C)(C)C(F)(F)F)[nH]2)cn1. The Kier molecular flexibility index (Phi) is 3.12. The number of rotatable bonds is 2. The molecule has 0 saturated carbocycles. The van der Waals surface area contributed by atoms with Gasteiger partial charge in [-0.05, 0) is 32.9 Å². The van der Waals surface area contributed by atoms with Crippen molar-refractivity contribution >= 4 is 0 Å². The van der Waals surface area contributed by atoms with Gasteiger partial charge < -0.3 is 4.98 Å². The molecule has 0 amide bonds. The van der Waals surface area contributed by atoms with E-state index in [9.17, 15) is 13.2 Å². The lowest BCUT2D eigenvalue weighted by molar-refractivity contribution is -0.181. The summed E-state index contributed by atoms with van der Waals surface area (Å²) in [4.78, 5) is 10.8. The van der Waals surface area contributed by atoms with Gasteiger partial charge in [0.05, 0.1) is 0 Å². The first-order chi connectivity index (χ1) is 8.72. The van der Waals surface area contributed by atoms with Crippen molar-refractivity contribution in [1.82, 2.24) is 15.0 Å². The number of pyridine rings is 1. The van der Waals surface area contributed by atoms with Gasteiger partial charge in [0.1, 0.15) is 11.2 Å². The van der Waals surface area contributed by atoms with Crippen molar-refractivity contribution < 1.29 is 13.2 Å². The highest BCUT2D eigenvalue weighted by atomic mass is 19.4. The lowest BCUT2D eigenvalue weighted by Crippen LogP contribution is -2.36. The van der Waals surface area contributed by atoms with Gasteiger partial charge in [-0.2, -0.15) is 13.2 Å². The lowest BCUT2D eigenvalue weighted by atomic mass is 9.89. The zero-order valence-corrected chi connectivity index (χ0v) is 10.8. The third-order valence-corrected chi connectivity index (χ3v) is 3.14. The molecular weight excluding hydrogens is 255 g/mol. The van der Waals surface area contributed by atoms with Crippen molar-refractivity contribution in [2.75, 3.05) is 0 Å². The number of hydrogen-bond donors (Lipinski definition) is 1. The largest absolute Gasteiger partial charge is 0.399 e. The summed E-state index contributed by atoms with van der Waals surface area (Å²) in [6.07, 6.45) is -1.52. The minimum atomic E-state index is -4.33. The highest BCUT2D eigenvalue weighted by molar-refractivity contribution is 5.54. The molecule has 2 aromatic heterocycles. The second-order valence-electron chi connectivity index (χ2n) is 4.96. The van der Waals surface area contributed by atoms with E-state index in [1.54, 1.807) is 18.3 Å². The maximum atomic E-state index is 12.9.